The highest BCUT2D eigenvalue weighted by atomic mass is 35.5. The van der Waals surface area contributed by atoms with Crippen LogP contribution in [0.1, 0.15) is 30.6 Å². The summed E-state index contributed by atoms with van der Waals surface area (Å²) in [5.74, 6) is -1.61. The number of carbonyl (C=O) groups is 2. The number of carboxylic acids is 1. The number of sulfone groups is 1. The second-order valence-electron chi connectivity index (χ2n) is 5.33. The fourth-order valence-electron chi connectivity index (χ4n) is 1.73. The lowest BCUT2D eigenvalue weighted by Gasteiger charge is -2.24. The third-order valence-electron chi connectivity index (χ3n) is 2.64. The van der Waals surface area contributed by atoms with Gasteiger partial charge in [0.05, 0.1) is 16.3 Å². The summed E-state index contributed by atoms with van der Waals surface area (Å²) in [5.41, 5.74) is -0.869. The Morgan fingerprint density at radius 3 is 2.38 bits per heavy atom. The van der Waals surface area contributed by atoms with Gasteiger partial charge in [0.2, 0.25) is 0 Å². The molecule has 0 aliphatic rings. The Kier molecular flexibility index (Phi) is 5.01. The quantitative estimate of drug-likeness (QED) is 0.854. The van der Waals surface area contributed by atoms with Crippen LogP contribution in [0.2, 0.25) is 5.02 Å². The van der Waals surface area contributed by atoms with Gasteiger partial charge < -0.3 is 10.4 Å². The molecule has 0 bridgehead atoms. The van der Waals surface area contributed by atoms with Gasteiger partial charge in [-0.2, -0.15) is 0 Å². The van der Waals surface area contributed by atoms with Gasteiger partial charge in [0.15, 0.2) is 9.84 Å². The fraction of sp³-hybridized carbons (Fsp3) is 0.385. The molecule has 0 aromatic heterocycles. The first-order valence-corrected chi connectivity index (χ1v) is 8.23. The van der Waals surface area contributed by atoms with Crippen LogP contribution < -0.4 is 5.32 Å². The molecule has 0 radical (unpaired) electrons. The highest BCUT2D eigenvalue weighted by Crippen LogP contribution is 2.23. The molecule has 0 aliphatic carbocycles. The van der Waals surface area contributed by atoms with E-state index in [-0.39, 0.29) is 21.9 Å². The number of carboxylic acid groups (broad SMARTS) is 1. The van der Waals surface area contributed by atoms with Crippen LogP contribution in [0.4, 0.5) is 0 Å². The van der Waals surface area contributed by atoms with E-state index in [4.69, 9.17) is 16.7 Å². The number of aliphatic carboxylic acids is 1. The number of hydrogen-bond acceptors (Lipinski definition) is 4. The number of benzene rings is 1. The van der Waals surface area contributed by atoms with Gasteiger partial charge in [-0.1, -0.05) is 11.6 Å². The Morgan fingerprint density at radius 1 is 1.33 bits per heavy atom. The van der Waals surface area contributed by atoms with Crippen LogP contribution in [0.5, 0.6) is 0 Å². The van der Waals surface area contributed by atoms with Crippen LogP contribution in [-0.2, 0) is 14.6 Å². The summed E-state index contributed by atoms with van der Waals surface area (Å²) in [6.45, 7) is 3.12. The van der Waals surface area contributed by atoms with E-state index in [0.29, 0.717) is 0 Å². The molecule has 0 atom stereocenters. The topological polar surface area (TPSA) is 101 Å². The van der Waals surface area contributed by atoms with Crippen LogP contribution in [-0.4, -0.2) is 37.2 Å². The molecule has 0 fully saturated rings. The van der Waals surface area contributed by atoms with Gasteiger partial charge in [0.25, 0.3) is 5.91 Å². The number of rotatable bonds is 5. The van der Waals surface area contributed by atoms with Crippen molar-refractivity contribution in [2.45, 2.75) is 30.7 Å². The standard InChI is InChI=1S/C13H16ClNO5S/c1-13(2,7-11(16)17)15-12(18)8-4-5-9(14)10(6-8)21(3,19)20/h4-6H,7H2,1-3H3,(H,15,18)(H,16,17). The van der Waals surface area contributed by atoms with E-state index in [9.17, 15) is 18.0 Å². The smallest absolute Gasteiger partial charge is 0.305 e. The highest BCUT2D eigenvalue weighted by Gasteiger charge is 2.25. The van der Waals surface area contributed by atoms with E-state index in [1.807, 2.05) is 0 Å². The molecule has 0 aliphatic heterocycles. The third kappa shape index (κ3) is 5.02. The molecule has 0 spiro atoms. The summed E-state index contributed by atoms with van der Waals surface area (Å²) in [5, 5.41) is 11.3. The van der Waals surface area contributed by atoms with Crippen molar-refractivity contribution in [3.8, 4) is 0 Å². The molecule has 21 heavy (non-hydrogen) atoms. The first-order valence-electron chi connectivity index (χ1n) is 5.96. The molecule has 0 unspecified atom stereocenters. The molecule has 1 aromatic rings. The zero-order valence-corrected chi connectivity index (χ0v) is 13.4. The lowest BCUT2D eigenvalue weighted by molar-refractivity contribution is -0.138. The predicted molar refractivity (Wildman–Crippen MR) is 78.4 cm³/mol. The molecule has 2 N–H and O–H groups in total. The molecule has 0 heterocycles. The van der Waals surface area contributed by atoms with Crippen molar-refractivity contribution < 1.29 is 23.1 Å². The zero-order chi connectivity index (χ0) is 16.4. The van der Waals surface area contributed by atoms with E-state index in [2.05, 4.69) is 5.32 Å². The molecule has 8 heteroatoms. The average molecular weight is 334 g/mol. The molecule has 1 rings (SSSR count). The Bertz CT molecular complexity index is 682. The Balaban J connectivity index is 3.07. The minimum Gasteiger partial charge on any atom is -0.481 e. The second-order valence-corrected chi connectivity index (χ2v) is 7.72. The lowest BCUT2D eigenvalue weighted by atomic mass is 10.00. The van der Waals surface area contributed by atoms with Crippen molar-refractivity contribution in [3.63, 3.8) is 0 Å². The van der Waals surface area contributed by atoms with E-state index in [1.165, 1.54) is 18.2 Å². The number of halogens is 1. The molecule has 1 aromatic carbocycles. The molecule has 116 valence electrons. The third-order valence-corrected chi connectivity index (χ3v) is 4.22. The van der Waals surface area contributed by atoms with Crippen molar-refractivity contribution in [1.82, 2.24) is 5.32 Å². The van der Waals surface area contributed by atoms with Gasteiger partial charge >= 0.3 is 5.97 Å². The summed E-state index contributed by atoms with van der Waals surface area (Å²) in [6.07, 6.45) is 0.732. The van der Waals surface area contributed by atoms with Crippen molar-refractivity contribution in [2.24, 2.45) is 0 Å². The van der Waals surface area contributed by atoms with Crippen LogP contribution in [0.3, 0.4) is 0 Å². The Morgan fingerprint density at radius 2 is 1.90 bits per heavy atom. The van der Waals surface area contributed by atoms with E-state index in [1.54, 1.807) is 13.8 Å². The predicted octanol–water partition coefficient (Wildman–Crippen LogP) is 1.73. The normalized spacial score (nSPS) is 12.0. The zero-order valence-electron chi connectivity index (χ0n) is 11.8. The molecular formula is C13H16ClNO5S. The molecule has 1 amide bonds. The van der Waals surface area contributed by atoms with Crippen LogP contribution in [0.25, 0.3) is 0 Å². The summed E-state index contributed by atoms with van der Waals surface area (Å²) in [6, 6.07) is 3.87. The van der Waals surface area contributed by atoms with Gasteiger partial charge in [-0.3, -0.25) is 9.59 Å². The van der Waals surface area contributed by atoms with Crippen LogP contribution in [0, 0.1) is 0 Å². The van der Waals surface area contributed by atoms with Crippen LogP contribution in [0.15, 0.2) is 23.1 Å². The minimum atomic E-state index is -3.56. The average Bonchev–Trinajstić information content (AvgIpc) is 2.24. The van der Waals surface area contributed by atoms with E-state index >= 15 is 0 Å². The van der Waals surface area contributed by atoms with Crippen molar-refractivity contribution in [1.29, 1.82) is 0 Å². The molecule has 0 saturated carbocycles. The van der Waals surface area contributed by atoms with Crippen molar-refractivity contribution in [3.05, 3.63) is 28.8 Å². The van der Waals surface area contributed by atoms with Crippen LogP contribution >= 0.6 is 11.6 Å². The largest absolute Gasteiger partial charge is 0.481 e. The maximum absolute atomic E-state index is 12.1. The second kappa shape index (κ2) is 6.03. The first-order chi connectivity index (χ1) is 9.42. The minimum absolute atomic E-state index is 0.0267. The maximum atomic E-state index is 12.1. The van der Waals surface area contributed by atoms with Gasteiger partial charge in [0, 0.05) is 17.4 Å². The fourth-order valence-corrected chi connectivity index (χ4v) is 3.03. The highest BCUT2D eigenvalue weighted by molar-refractivity contribution is 7.90. The van der Waals surface area contributed by atoms with E-state index in [0.717, 1.165) is 6.26 Å². The summed E-state index contributed by atoms with van der Waals surface area (Å²) in [4.78, 5) is 22.7. The number of nitrogens with one attached hydrogen (secondary N) is 1. The summed E-state index contributed by atoms with van der Waals surface area (Å²) < 4.78 is 23.1. The first kappa shape index (κ1) is 17.5. The SMILES string of the molecule is CC(C)(CC(=O)O)NC(=O)c1ccc(Cl)c(S(C)(=O)=O)c1. The Hall–Kier alpha value is -1.60. The molecule has 6 nitrogen and oxygen atoms in total. The summed E-state index contributed by atoms with van der Waals surface area (Å²) in [7, 11) is -3.56. The lowest BCUT2D eigenvalue weighted by Crippen LogP contribution is -2.44. The molecule has 0 saturated heterocycles. The van der Waals surface area contributed by atoms with E-state index < -0.39 is 27.3 Å². The van der Waals surface area contributed by atoms with Gasteiger partial charge in [0.1, 0.15) is 0 Å². The Labute approximate surface area is 128 Å². The number of carbonyl (C=O) groups excluding carboxylic acids is 1. The van der Waals surface area contributed by atoms with Crippen molar-refractivity contribution >= 4 is 33.3 Å². The molecular weight excluding hydrogens is 318 g/mol. The van der Waals surface area contributed by atoms with Gasteiger partial charge in [-0.05, 0) is 32.0 Å². The monoisotopic (exact) mass is 333 g/mol. The number of hydrogen-bond donors (Lipinski definition) is 2. The van der Waals surface area contributed by atoms with Crippen molar-refractivity contribution in [2.75, 3.05) is 6.26 Å². The number of amides is 1. The summed E-state index contributed by atoms with van der Waals surface area (Å²) >= 11 is 5.80. The maximum Gasteiger partial charge on any atom is 0.305 e. The van der Waals surface area contributed by atoms with Gasteiger partial charge in [-0.25, -0.2) is 8.42 Å². The van der Waals surface area contributed by atoms with Gasteiger partial charge in [-0.15, -0.1) is 0 Å².